The summed E-state index contributed by atoms with van der Waals surface area (Å²) < 4.78 is 67.7. The summed E-state index contributed by atoms with van der Waals surface area (Å²) in [6, 6.07) is 0. The Kier molecular flexibility index (Phi) is 10.4. The molecule has 1 saturated heterocycles. The molecule has 0 aromatic rings. The molecule has 14 nitrogen and oxygen atoms in total. The summed E-state index contributed by atoms with van der Waals surface area (Å²) in [6.45, 7) is -0.526. The minimum atomic E-state index is -4.67. The van der Waals surface area contributed by atoms with Gasteiger partial charge in [0.2, 0.25) is 0 Å². The Hall–Kier alpha value is -0.500. The Morgan fingerprint density at radius 1 is 0.727 bits per heavy atom. The summed E-state index contributed by atoms with van der Waals surface area (Å²) in [6.07, 6.45) is -7.04. The van der Waals surface area contributed by atoms with Crippen molar-refractivity contribution in [2.24, 2.45) is 0 Å². The van der Waals surface area contributed by atoms with Crippen molar-refractivity contribution >= 4 is 20.8 Å². The summed E-state index contributed by atoms with van der Waals surface area (Å²) in [5, 5.41) is 44.7. The average molecular weight is 376 g/mol. The van der Waals surface area contributed by atoms with E-state index < -0.39 is 58.1 Å². The van der Waals surface area contributed by atoms with E-state index >= 15 is 0 Å². The lowest BCUT2D eigenvalue weighted by molar-refractivity contribution is -0.286. The van der Waals surface area contributed by atoms with Gasteiger partial charge in [0.1, 0.15) is 24.4 Å². The van der Waals surface area contributed by atoms with Gasteiger partial charge in [0.15, 0.2) is 6.29 Å². The number of hydrogen-bond donors (Lipinski definition) is 9. The molecule has 1 aliphatic rings. The highest BCUT2D eigenvalue weighted by Gasteiger charge is 2.42. The van der Waals surface area contributed by atoms with E-state index in [1.54, 1.807) is 0 Å². The van der Waals surface area contributed by atoms with E-state index in [4.69, 9.17) is 60.6 Å². The molecule has 1 fully saturated rings. The third-order valence-electron chi connectivity index (χ3n) is 1.87. The highest BCUT2D eigenvalue weighted by atomic mass is 32.3. The van der Waals surface area contributed by atoms with Crippen LogP contribution in [0.1, 0.15) is 0 Å². The highest BCUT2D eigenvalue weighted by Crippen LogP contribution is 2.18. The molecular formula is C6H16O14S2. The van der Waals surface area contributed by atoms with Crippen molar-refractivity contribution in [2.75, 3.05) is 6.61 Å². The molecular weight excluding hydrogens is 360 g/mol. The number of aliphatic hydroxyl groups excluding tert-OH is 5. The lowest BCUT2D eigenvalue weighted by Crippen LogP contribution is -2.58. The van der Waals surface area contributed by atoms with Crippen molar-refractivity contribution in [3.8, 4) is 0 Å². The normalized spacial score (nSPS) is 32.1. The minimum Gasteiger partial charge on any atom is -0.394 e. The summed E-state index contributed by atoms with van der Waals surface area (Å²) in [5.74, 6) is 0. The monoisotopic (exact) mass is 376 g/mol. The first kappa shape index (κ1) is 23.8. The van der Waals surface area contributed by atoms with E-state index in [0.717, 1.165) is 0 Å². The molecule has 1 rings (SSSR count). The molecule has 0 aliphatic carbocycles. The van der Waals surface area contributed by atoms with Gasteiger partial charge in [0.25, 0.3) is 0 Å². The number of hydrogen-bond acceptors (Lipinski definition) is 10. The molecule has 0 aromatic carbocycles. The molecule has 0 unspecified atom stereocenters. The molecule has 0 radical (unpaired) electrons. The lowest BCUT2D eigenvalue weighted by atomic mass is 10.00. The number of ether oxygens (including phenoxy) is 1. The van der Waals surface area contributed by atoms with Crippen LogP contribution in [0.15, 0.2) is 0 Å². The van der Waals surface area contributed by atoms with E-state index in [9.17, 15) is 0 Å². The second kappa shape index (κ2) is 9.60. The van der Waals surface area contributed by atoms with Crippen molar-refractivity contribution < 1.29 is 65.3 Å². The van der Waals surface area contributed by atoms with Gasteiger partial charge < -0.3 is 30.3 Å². The zero-order valence-electron chi connectivity index (χ0n) is 10.5. The number of aliphatic hydroxyl groups is 5. The molecule has 16 heteroatoms. The maximum absolute atomic E-state index is 9.12. The van der Waals surface area contributed by atoms with Gasteiger partial charge >= 0.3 is 20.8 Å². The minimum absolute atomic E-state index is 0.526. The fourth-order valence-corrected chi connectivity index (χ4v) is 1.08. The average Bonchev–Trinajstić information content (AvgIpc) is 2.27. The predicted octanol–water partition coefficient (Wildman–Crippen LogP) is -4.53. The Bertz CT molecular complexity index is 447. The third kappa shape index (κ3) is 14.4. The quantitative estimate of drug-likeness (QED) is 0.195. The molecule has 0 amide bonds. The first-order valence-corrected chi connectivity index (χ1v) is 7.75. The first-order chi connectivity index (χ1) is 9.57. The number of rotatable bonds is 1. The summed E-state index contributed by atoms with van der Waals surface area (Å²) in [4.78, 5) is 0. The molecule has 0 bridgehead atoms. The van der Waals surface area contributed by atoms with Crippen LogP contribution in [-0.2, 0) is 25.5 Å². The van der Waals surface area contributed by atoms with E-state index in [0.29, 0.717) is 0 Å². The third-order valence-corrected chi connectivity index (χ3v) is 1.87. The lowest BCUT2D eigenvalue weighted by Gasteiger charge is -2.37. The van der Waals surface area contributed by atoms with Crippen LogP contribution >= 0.6 is 0 Å². The fraction of sp³-hybridized carbons (Fsp3) is 1.00. The molecule has 0 spiro atoms. The van der Waals surface area contributed by atoms with Gasteiger partial charge in [-0.05, 0) is 0 Å². The van der Waals surface area contributed by atoms with Gasteiger partial charge in [0, 0.05) is 0 Å². The van der Waals surface area contributed by atoms with Crippen molar-refractivity contribution in [3.05, 3.63) is 0 Å². The smallest absolute Gasteiger partial charge is 0.394 e. The van der Waals surface area contributed by atoms with E-state index in [-0.39, 0.29) is 0 Å². The summed E-state index contributed by atoms with van der Waals surface area (Å²) >= 11 is 0. The molecule has 22 heavy (non-hydrogen) atoms. The maximum atomic E-state index is 9.12. The van der Waals surface area contributed by atoms with E-state index in [1.807, 2.05) is 0 Å². The van der Waals surface area contributed by atoms with Crippen molar-refractivity contribution in [2.45, 2.75) is 30.7 Å². The van der Waals surface area contributed by atoms with Gasteiger partial charge in [0.05, 0.1) is 6.61 Å². The van der Waals surface area contributed by atoms with Gasteiger partial charge in [-0.15, -0.1) is 0 Å². The Morgan fingerprint density at radius 3 is 1.32 bits per heavy atom. The summed E-state index contributed by atoms with van der Waals surface area (Å²) in [7, 11) is -9.33. The highest BCUT2D eigenvalue weighted by molar-refractivity contribution is 7.80. The maximum Gasteiger partial charge on any atom is 0.394 e. The SMILES string of the molecule is O=S(=O)(O)O.O=S(=O)(O)O.OC[C@H]1O[C@H](O)[C@H](O)[C@@H](O)[C@@H]1O. The largest absolute Gasteiger partial charge is 0.394 e. The second-order valence-electron chi connectivity index (χ2n) is 3.62. The van der Waals surface area contributed by atoms with Crippen LogP contribution in [0.5, 0.6) is 0 Å². The van der Waals surface area contributed by atoms with Crippen LogP contribution in [0.25, 0.3) is 0 Å². The van der Waals surface area contributed by atoms with Crippen LogP contribution in [0, 0.1) is 0 Å². The molecule has 0 saturated carbocycles. The molecule has 136 valence electrons. The van der Waals surface area contributed by atoms with Crippen LogP contribution in [0.4, 0.5) is 0 Å². The molecule has 9 N–H and O–H groups in total. The molecule has 0 aromatic heterocycles. The zero-order valence-corrected chi connectivity index (χ0v) is 12.1. The van der Waals surface area contributed by atoms with Crippen LogP contribution in [0.3, 0.4) is 0 Å². The van der Waals surface area contributed by atoms with E-state index in [1.165, 1.54) is 0 Å². The fourth-order valence-electron chi connectivity index (χ4n) is 1.08. The Labute approximate surface area is 124 Å². The Balaban J connectivity index is 0. The second-order valence-corrected chi connectivity index (χ2v) is 5.41. The standard InChI is InChI=1S/C6H12O6.2H2O4S/c7-1-2-3(8)4(9)5(10)6(11)12-2;2*1-5(2,3)4/h2-11H,1H2;2*(H2,1,2,3,4)/t2-,3-,4+,5-,6+;;/m1../s1. The predicted molar refractivity (Wildman–Crippen MR) is 64.3 cm³/mol. The van der Waals surface area contributed by atoms with Crippen molar-refractivity contribution in [3.63, 3.8) is 0 Å². The topological polar surface area (TPSA) is 260 Å². The van der Waals surface area contributed by atoms with Gasteiger partial charge in [-0.1, -0.05) is 0 Å². The van der Waals surface area contributed by atoms with Crippen LogP contribution in [0.2, 0.25) is 0 Å². The van der Waals surface area contributed by atoms with Crippen molar-refractivity contribution in [1.29, 1.82) is 0 Å². The molecule has 5 atom stereocenters. The van der Waals surface area contributed by atoms with Crippen molar-refractivity contribution in [1.82, 2.24) is 0 Å². The molecule has 1 aliphatic heterocycles. The van der Waals surface area contributed by atoms with Crippen LogP contribution < -0.4 is 0 Å². The summed E-state index contributed by atoms with van der Waals surface area (Å²) in [5.41, 5.74) is 0. The zero-order chi connectivity index (χ0) is 18.3. The van der Waals surface area contributed by atoms with Gasteiger partial charge in [-0.25, -0.2) is 0 Å². The van der Waals surface area contributed by atoms with Gasteiger partial charge in [-0.2, -0.15) is 16.8 Å². The van der Waals surface area contributed by atoms with E-state index in [2.05, 4.69) is 4.74 Å². The van der Waals surface area contributed by atoms with Crippen LogP contribution in [-0.4, -0.2) is 97.9 Å². The Morgan fingerprint density at radius 2 is 1.05 bits per heavy atom. The molecule has 1 heterocycles. The van der Waals surface area contributed by atoms with Gasteiger partial charge in [-0.3, -0.25) is 18.2 Å². The first-order valence-electron chi connectivity index (χ1n) is 4.96.